The fourth-order valence-electron chi connectivity index (χ4n) is 1.27. The minimum Gasteiger partial charge on any atom is -0.508 e. The molecule has 0 radical (unpaired) electrons. The molecule has 0 aliphatic carbocycles. The van der Waals surface area contributed by atoms with Gasteiger partial charge < -0.3 is 15.9 Å². The molecule has 0 saturated carbocycles. The Labute approximate surface area is 120 Å². The number of nitrogens with two attached hydrogens (primary N) is 1. The molecule has 2 aromatic rings. The highest BCUT2D eigenvalue weighted by atomic mass is 35.5. The van der Waals surface area contributed by atoms with Gasteiger partial charge in [0.25, 0.3) is 0 Å². The quantitative estimate of drug-likeness (QED) is 0.792. The summed E-state index contributed by atoms with van der Waals surface area (Å²) in [6, 6.07) is 12.0. The Morgan fingerprint density at radius 3 is 1.95 bits per heavy atom. The average Bonchev–Trinajstić information content (AvgIpc) is 2.40. The molecule has 0 aliphatic rings. The summed E-state index contributed by atoms with van der Waals surface area (Å²) in [4.78, 5) is 20.8. The molecule has 0 unspecified atom stereocenters. The zero-order chi connectivity index (χ0) is 15.1. The summed E-state index contributed by atoms with van der Waals surface area (Å²) >= 11 is 5.62. The lowest BCUT2D eigenvalue weighted by atomic mass is 10.2. The largest absolute Gasteiger partial charge is 0.508 e. The van der Waals surface area contributed by atoms with E-state index in [1.807, 2.05) is 0 Å². The fourth-order valence-corrected chi connectivity index (χ4v) is 1.49. The van der Waals surface area contributed by atoms with Crippen LogP contribution in [0.25, 0.3) is 0 Å². The Hall–Kier alpha value is -2.53. The molecule has 1 amide bonds. The molecule has 0 heterocycles. The van der Waals surface area contributed by atoms with Gasteiger partial charge in [0.15, 0.2) is 0 Å². The molecule has 0 bridgehead atoms. The molecule has 0 aliphatic heterocycles. The number of aromatic hydroxyl groups is 1. The number of carboxylic acids is 1. The third-order valence-electron chi connectivity index (χ3n) is 2.25. The Morgan fingerprint density at radius 2 is 1.55 bits per heavy atom. The topological polar surface area (TPSA) is 101 Å². The van der Waals surface area contributed by atoms with Gasteiger partial charge in [0.05, 0.1) is 16.1 Å². The van der Waals surface area contributed by atoms with Crippen molar-refractivity contribution in [1.29, 1.82) is 0 Å². The molecule has 0 saturated heterocycles. The van der Waals surface area contributed by atoms with Crippen LogP contribution >= 0.6 is 11.6 Å². The van der Waals surface area contributed by atoms with E-state index in [1.165, 1.54) is 24.3 Å². The summed E-state index contributed by atoms with van der Waals surface area (Å²) in [6.45, 7) is 0. The smallest absolute Gasteiger partial charge is 0.335 e. The average molecular weight is 294 g/mol. The number of carboxylic acid groups (broad SMARTS) is 1. The van der Waals surface area contributed by atoms with Crippen molar-refractivity contribution in [3.8, 4) is 5.75 Å². The van der Waals surface area contributed by atoms with E-state index in [0.29, 0.717) is 10.6 Å². The molecule has 6 heteroatoms. The van der Waals surface area contributed by atoms with Gasteiger partial charge >= 0.3 is 5.97 Å². The molecule has 0 atom stereocenters. The predicted octanol–water partition coefficient (Wildman–Crippen LogP) is 2.53. The van der Waals surface area contributed by atoms with Crippen LogP contribution in [0.5, 0.6) is 5.75 Å². The lowest BCUT2D eigenvalue weighted by Gasteiger charge is -1.95. The number of hydrogen-bond donors (Lipinski definition) is 3. The number of phenolic OH excluding ortho intramolecular Hbond substituents is 1. The maximum atomic E-state index is 10.6. The number of carbonyl (C=O) groups excluding carboxylic acids is 1. The number of hydrogen-bond acceptors (Lipinski definition) is 3. The van der Waals surface area contributed by atoms with E-state index < -0.39 is 11.9 Å². The number of amides is 1. The number of halogens is 1. The Bertz CT molecular complexity index is 611. The van der Waals surface area contributed by atoms with Gasteiger partial charge in [-0.25, -0.2) is 4.79 Å². The molecule has 5 nitrogen and oxygen atoms in total. The van der Waals surface area contributed by atoms with Crippen LogP contribution in [0, 0.1) is 0 Å². The van der Waals surface area contributed by atoms with Gasteiger partial charge in [-0.2, -0.15) is 0 Å². The van der Waals surface area contributed by atoms with E-state index in [0.717, 1.165) is 0 Å². The van der Waals surface area contributed by atoms with Crippen LogP contribution in [-0.2, 0) is 0 Å². The van der Waals surface area contributed by atoms with Gasteiger partial charge in [-0.05, 0) is 36.4 Å². The standard InChI is InChI=1S/C7H6ClNO.C7H6O3/c8-6-4-2-1-3-5(6)7(9)10;8-6-3-1-5(2-4-6)7(9)10/h1-4H,(H2,9,10);1-4,8H,(H,9,10). The van der Waals surface area contributed by atoms with E-state index in [2.05, 4.69) is 0 Å². The molecule has 20 heavy (non-hydrogen) atoms. The van der Waals surface area contributed by atoms with Crippen molar-refractivity contribution in [3.05, 3.63) is 64.7 Å². The van der Waals surface area contributed by atoms with Gasteiger partial charge in [0.2, 0.25) is 5.91 Å². The summed E-state index contributed by atoms with van der Waals surface area (Å²) < 4.78 is 0. The second kappa shape index (κ2) is 7.16. The summed E-state index contributed by atoms with van der Waals surface area (Å²) in [5.74, 6) is -1.41. The number of primary amides is 1. The second-order valence-corrected chi connectivity index (χ2v) is 4.10. The van der Waals surface area contributed by atoms with Gasteiger partial charge in [-0.3, -0.25) is 4.79 Å². The van der Waals surface area contributed by atoms with Crippen LogP contribution in [0.2, 0.25) is 5.02 Å². The summed E-state index contributed by atoms with van der Waals surface area (Å²) in [7, 11) is 0. The predicted molar refractivity (Wildman–Crippen MR) is 75.0 cm³/mol. The molecule has 0 spiro atoms. The van der Waals surface area contributed by atoms with Gasteiger partial charge in [-0.1, -0.05) is 23.7 Å². The van der Waals surface area contributed by atoms with Gasteiger partial charge in [-0.15, -0.1) is 0 Å². The SMILES string of the molecule is NC(=O)c1ccccc1Cl.O=C(O)c1ccc(O)cc1. The van der Waals surface area contributed by atoms with Crippen LogP contribution in [-0.4, -0.2) is 22.1 Å². The zero-order valence-electron chi connectivity index (χ0n) is 10.3. The number of benzene rings is 2. The number of rotatable bonds is 2. The summed E-state index contributed by atoms with van der Waals surface area (Å²) in [6.07, 6.45) is 0. The normalized spacial score (nSPS) is 9.25. The van der Waals surface area contributed by atoms with E-state index in [9.17, 15) is 9.59 Å². The van der Waals surface area contributed by atoms with Crippen LogP contribution in [0.4, 0.5) is 0 Å². The first-order valence-corrected chi connectivity index (χ1v) is 5.86. The first-order chi connectivity index (χ1) is 9.41. The summed E-state index contributed by atoms with van der Waals surface area (Å²) in [5, 5.41) is 17.5. The van der Waals surface area contributed by atoms with Crippen molar-refractivity contribution in [2.24, 2.45) is 5.73 Å². The first kappa shape index (κ1) is 15.5. The lowest BCUT2D eigenvalue weighted by molar-refractivity contribution is 0.0696. The third-order valence-corrected chi connectivity index (χ3v) is 2.58. The lowest BCUT2D eigenvalue weighted by Crippen LogP contribution is -2.10. The van der Waals surface area contributed by atoms with Crippen molar-refractivity contribution in [3.63, 3.8) is 0 Å². The highest BCUT2D eigenvalue weighted by Gasteiger charge is 2.02. The van der Waals surface area contributed by atoms with Crippen LogP contribution in [0.15, 0.2) is 48.5 Å². The number of carbonyl (C=O) groups is 2. The van der Waals surface area contributed by atoms with Gasteiger partial charge in [0.1, 0.15) is 5.75 Å². The molecule has 104 valence electrons. The highest BCUT2D eigenvalue weighted by molar-refractivity contribution is 6.33. The third kappa shape index (κ3) is 4.62. The van der Waals surface area contributed by atoms with E-state index >= 15 is 0 Å². The molecular weight excluding hydrogens is 282 g/mol. The minimum atomic E-state index is -0.986. The maximum Gasteiger partial charge on any atom is 0.335 e. The molecule has 4 N–H and O–H groups in total. The molecule has 0 aromatic heterocycles. The van der Waals surface area contributed by atoms with E-state index in [-0.39, 0.29) is 11.3 Å². The first-order valence-electron chi connectivity index (χ1n) is 5.48. The van der Waals surface area contributed by atoms with E-state index in [1.54, 1.807) is 24.3 Å². The van der Waals surface area contributed by atoms with Crippen LogP contribution in [0.3, 0.4) is 0 Å². The van der Waals surface area contributed by atoms with E-state index in [4.69, 9.17) is 27.5 Å². The van der Waals surface area contributed by atoms with Crippen molar-refractivity contribution in [2.75, 3.05) is 0 Å². The Morgan fingerprint density at radius 1 is 1.00 bits per heavy atom. The van der Waals surface area contributed by atoms with Crippen molar-refractivity contribution in [2.45, 2.75) is 0 Å². The highest BCUT2D eigenvalue weighted by Crippen LogP contribution is 2.13. The Balaban J connectivity index is 0.000000200. The van der Waals surface area contributed by atoms with Crippen molar-refractivity contribution in [1.82, 2.24) is 0 Å². The van der Waals surface area contributed by atoms with Gasteiger partial charge in [0, 0.05) is 0 Å². The minimum absolute atomic E-state index is 0.0741. The van der Waals surface area contributed by atoms with Crippen LogP contribution in [0.1, 0.15) is 20.7 Å². The summed E-state index contributed by atoms with van der Waals surface area (Å²) in [5.41, 5.74) is 5.53. The number of phenols is 1. The number of aromatic carboxylic acids is 1. The fraction of sp³-hybridized carbons (Fsp3) is 0. The van der Waals surface area contributed by atoms with Crippen LogP contribution < -0.4 is 5.73 Å². The van der Waals surface area contributed by atoms with Crippen molar-refractivity contribution >= 4 is 23.5 Å². The molecular formula is C14H12ClNO4. The maximum absolute atomic E-state index is 10.6. The second-order valence-electron chi connectivity index (χ2n) is 3.70. The Kier molecular flexibility index (Phi) is 5.56. The van der Waals surface area contributed by atoms with Crippen molar-refractivity contribution < 1.29 is 19.8 Å². The zero-order valence-corrected chi connectivity index (χ0v) is 11.0. The molecule has 2 aromatic carbocycles. The molecule has 2 rings (SSSR count). The monoisotopic (exact) mass is 293 g/mol. The molecule has 0 fully saturated rings.